The van der Waals surface area contributed by atoms with Crippen molar-refractivity contribution in [3.8, 4) is 5.88 Å². The van der Waals surface area contributed by atoms with Crippen molar-refractivity contribution >= 4 is 54.3 Å². The van der Waals surface area contributed by atoms with Crippen molar-refractivity contribution in [1.29, 1.82) is 0 Å². The van der Waals surface area contributed by atoms with E-state index in [1.807, 2.05) is 6.07 Å². The van der Waals surface area contributed by atoms with Gasteiger partial charge in [0.25, 0.3) is 5.88 Å². The summed E-state index contributed by atoms with van der Waals surface area (Å²) in [4.78, 5) is 40.3. The number of carbonyl (C=O) groups excluding carboxylic acids is 2. The molecular formula is C21H27IN6O7. The van der Waals surface area contributed by atoms with Gasteiger partial charge >= 0.3 is 12.1 Å². The number of hydrogen-bond acceptors (Lipinski definition) is 10. The molecule has 1 aliphatic rings. The monoisotopic (exact) mass is 602 g/mol. The number of nitrogens with zero attached hydrogens (tertiary/aromatic N) is 3. The standard InChI is InChI=1S/C21H26N6O7.HI/c28-14-27(12-16(19(29)30)25-21(31)33-13-15-5-2-1-3-6-15)18-11-17(26-34-18)32-10-4-7-22-20-23-8-9-24-20;/h1-3,5-6,11,14,16H,4,7-10,12-13H2,(H,25,31)(H,29,30)(H2,22,23,24);1H. The van der Waals surface area contributed by atoms with E-state index in [9.17, 15) is 19.5 Å². The molecule has 13 nitrogen and oxygen atoms in total. The molecule has 1 aromatic heterocycles. The molecule has 0 bridgehead atoms. The zero-order valence-corrected chi connectivity index (χ0v) is 21.0. The Labute approximate surface area is 218 Å². The number of benzene rings is 1. The molecule has 2 amide bonds. The molecule has 4 N–H and O–H groups in total. The van der Waals surface area contributed by atoms with E-state index in [-0.39, 0.29) is 42.3 Å². The van der Waals surface area contributed by atoms with Crippen molar-refractivity contribution in [1.82, 2.24) is 21.1 Å². The van der Waals surface area contributed by atoms with Gasteiger partial charge in [-0.2, -0.15) is 0 Å². The van der Waals surface area contributed by atoms with Crippen LogP contribution in [-0.2, 0) is 20.9 Å². The van der Waals surface area contributed by atoms with Gasteiger partial charge in [-0.15, -0.1) is 24.0 Å². The number of guanidine groups is 1. The molecule has 1 unspecified atom stereocenters. The number of alkyl carbamates (subject to hydrolysis) is 1. The number of aliphatic carboxylic acids is 1. The van der Waals surface area contributed by atoms with Gasteiger partial charge in [-0.3, -0.25) is 14.7 Å². The summed E-state index contributed by atoms with van der Waals surface area (Å²) < 4.78 is 15.6. The SMILES string of the molecule is I.O=CN(CC(NC(=O)OCc1ccccc1)C(=O)O)c1cc(OCCCNC2=NCCN2)no1. The number of anilines is 1. The third-order valence-electron chi connectivity index (χ3n) is 4.61. The summed E-state index contributed by atoms with van der Waals surface area (Å²) in [5, 5.41) is 21.6. The Morgan fingerprint density at radius 3 is 2.80 bits per heavy atom. The Hall–Kier alpha value is -3.56. The summed E-state index contributed by atoms with van der Waals surface area (Å²) in [6.45, 7) is 2.11. The maximum atomic E-state index is 12.0. The van der Waals surface area contributed by atoms with Crippen LogP contribution in [0.4, 0.5) is 10.7 Å². The molecule has 0 fully saturated rings. The number of hydrogen-bond donors (Lipinski definition) is 4. The quantitative estimate of drug-likeness (QED) is 0.147. The second-order valence-corrected chi connectivity index (χ2v) is 7.14. The molecule has 0 spiro atoms. The molecule has 1 atom stereocenters. The first kappa shape index (κ1) is 27.7. The van der Waals surface area contributed by atoms with Crippen LogP contribution in [-0.4, -0.2) is 73.5 Å². The minimum absolute atomic E-state index is 0. The molecule has 0 saturated heterocycles. The van der Waals surface area contributed by atoms with Gasteiger partial charge in [-0.1, -0.05) is 30.3 Å². The van der Waals surface area contributed by atoms with Gasteiger partial charge in [-0.25, -0.2) is 9.59 Å². The second-order valence-electron chi connectivity index (χ2n) is 7.14. The number of rotatable bonds is 13. The molecule has 2 aromatic rings. The number of nitrogens with one attached hydrogen (secondary N) is 3. The molecule has 0 radical (unpaired) electrons. The van der Waals surface area contributed by atoms with E-state index in [4.69, 9.17) is 14.0 Å². The van der Waals surface area contributed by atoms with Gasteiger partial charge in [0, 0.05) is 13.1 Å². The van der Waals surface area contributed by atoms with Crippen LogP contribution < -0.4 is 25.6 Å². The number of ether oxygens (including phenoxy) is 2. The van der Waals surface area contributed by atoms with Crippen LogP contribution in [0.25, 0.3) is 0 Å². The largest absolute Gasteiger partial charge is 0.480 e. The van der Waals surface area contributed by atoms with Crippen LogP contribution in [0.15, 0.2) is 45.9 Å². The number of carboxylic acid groups (broad SMARTS) is 1. The van der Waals surface area contributed by atoms with Crippen LogP contribution in [0.3, 0.4) is 0 Å². The van der Waals surface area contributed by atoms with Crippen LogP contribution in [0.1, 0.15) is 12.0 Å². The van der Waals surface area contributed by atoms with Crippen molar-refractivity contribution in [2.75, 3.05) is 37.7 Å². The first-order valence-electron chi connectivity index (χ1n) is 10.6. The van der Waals surface area contributed by atoms with Crippen molar-refractivity contribution in [2.24, 2.45) is 4.99 Å². The van der Waals surface area contributed by atoms with E-state index in [1.54, 1.807) is 24.3 Å². The maximum Gasteiger partial charge on any atom is 0.408 e. The van der Waals surface area contributed by atoms with E-state index in [2.05, 4.69) is 26.1 Å². The summed E-state index contributed by atoms with van der Waals surface area (Å²) in [5.74, 6) is -0.483. The first-order valence-corrected chi connectivity index (χ1v) is 10.6. The number of aliphatic imine (C=N–C) groups is 1. The highest BCUT2D eigenvalue weighted by atomic mass is 127. The Morgan fingerprint density at radius 1 is 1.31 bits per heavy atom. The summed E-state index contributed by atoms with van der Waals surface area (Å²) in [7, 11) is 0. The Balaban J connectivity index is 0.00000432. The lowest BCUT2D eigenvalue weighted by atomic mass is 10.2. The molecule has 0 aliphatic carbocycles. The molecular weight excluding hydrogens is 575 g/mol. The summed E-state index contributed by atoms with van der Waals surface area (Å²) in [6.07, 6.45) is 0.100. The highest BCUT2D eigenvalue weighted by Crippen LogP contribution is 2.20. The number of carbonyl (C=O) groups is 3. The maximum absolute atomic E-state index is 12.0. The fourth-order valence-electron chi connectivity index (χ4n) is 2.90. The predicted octanol–water partition coefficient (Wildman–Crippen LogP) is 0.953. The van der Waals surface area contributed by atoms with Gasteiger partial charge in [0.15, 0.2) is 5.96 Å². The number of amides is 2. The topological polar surface area (TPSA) is 168 Å². The van der Waals surface area contributed by atoms with Crippen LogP contribution >= 0.6 is 24.0 Å². The Kier molecular flexibility index (Phi) is 11.6. The molecule has 2 heterocycles. The lowest BCUT2D eigenvalue weighted by molar-refractivity contribution is -0.139. The first-order chi connectivity index (χ1) is 16.5. The summed E-state index contributed by atoms with van der Waals surface area (Å²) in [5.41, 5.74) is 0.743. The molecule has 1 aromatic carbocycles. The fourth-order valence-corrected chi connectivity index (χ4v) is 2.90. The Bertz CT molecular complexity index is 988. The smallest absolute Gasteiger partial charge is 0.408 e. The average Bonchev–Trinajstić information content (AvgIpc) is 3.53. The van der Waals surface area contributed by atoms with E-state index >= 15 is 0 Å². The minimum Gasteiger partial charge on any atom is -0.480 e. The zero-order chi connectivity index (χ0) is 24.2. The molecule has 1 aliphatic heterocycles. The van der Waals surface area contributed by atoms with Gasteiger partial charge in [-0.05, 0) is 17.1 Å². The van der Waals surface area contributed by atoms with Crippen molar-refractivity contribution in [2.45, 2.75) is 19.1 Å². The Morgan fingerprint density at radius 2 is 2.11 bits per heavy atom. The van der Waals surface area contributed by atoms with Crippen molar-refractivity contribution in [3.63, 3.8) is 0 Å². The molecule has 14 heteroatoms. The average molecular weight is 602 g/mol. The minimum atomic E-state index is -1.44. The van der Waals surface area contributed by atoms with E-state index in [0.717, 1.165) is 29.5 Å². The normalized spacial score (nSPS) is 12.9. The molecule has 0 saturated carbocycles. The van der Waals surface area contributed by atoms with Gasteiger partial charge in [0.05, 0.1) is 25.8 Å². The van der Waals surface area contributed by atoms with Crippen LogP contribution in [0.5, 0.6) is 5.88 Å². The molecule has 35 heavy (non-hydrogen) atoms. The fraction of sp³-hybridized carbons (Fsp3) is 0.381. The van der Waals surface area contributed by atoms with Crippen LogP contribution in [0, 0.1) is 0 Å². The van der Waals surface area contributed by atoms with Crippen LogP contribution in [0.2, 0.25) is 0 Å². The summed E-state index contributed by atoms with van der Waals surface area (Å²) in [6, 6.07) is 8.83. The number of halogens is 1. The predicted molar refractivity (Wildman–Crippen MR) is 135 cm³/mol. The lowest BCUT2D eigenvalue weighted by Crippen LogP contribution is -2.48. The third kappa shape index (κ3) is 9.30. The van der Waals surface area contributed by atoms with Gasteiger partial charge in [0.1, 0.15) is 12.6 Å². The van der Waals surface area contributed by atoms with Gasteiger partial charge < -0.3 is 35.1 Å². The molecule has 3 rings (SSSR count). The van der Waals surface area contributed by atoms with E-state index < -0.39 is 24.6 Å². The van der Waals surface area contributed by atoms with E-state index in [1.165, 1.54) is 6.07 Å². The molecule has 190 valence electrons. The highest BCUT2D eigenvalue weighted by molar-refractivity contribution is 14.0. The summed E-state index contributed by atoms with van der Waals surface area (Å²) >= 11 is 0. The van der Waals surface area contributed by atoms with Crippen molar-refractivity contribution < 1.29 is 33.5 Å². The highest BCUT2D eigenvalue weighted by Gasteiger charge is 2.26. The third-order valence-corrected chi connectivity index (χ3v) is 4.61. The number of aromatic nitrogens is 1. The lowest BCUT2D eigenvalue weighted by Gasteiger charge is -2.19. The van der Waals surface area contributed by atoms with Crippen molar-refractivity contribution in [3.05, 3.63) is 42.0 Å². The van der Waals surface area contributed by atoms with Gasteiger partial charge in [0.2, 0.25) is 12.3 Å². The second kappa shape index (κ2) is 14.6. The zero-order valence-electron chi connectivity index (χ0n) is 18.7. The number of carboxylic acids is 1. The van der Waals surface area contributed by atoms with E-state index in [0.29, 0.717) is 26.0 Å².